The lowest BCUT2D eigenvalue weighted by atomic mass is 10.2. The van der Waals surface area contributed by atoms with Gasteiger partial charge in [-0.2, -0.15) is 11.3 Å². The van der Waals surface area contributed by atoms with Gasteiger partial charge in [0.25, 0.3) is 0 Å². The average Bonchev–Trinajstić information content (AvgIpc) is 2.86. The number of thiophene rings is 1. The van der Waals surface area contributed by atoms with Crippen molar-refractivity contribution < 1.29 is 33.8 Å². The number of rotatable bonds is 8. The minimum absolute atomic E-state index is 0.369. The summed E-state index contributed by atoms with van der Waals surface area (Å²) in [6.07, 6.45) is -2.45. The van der Waals surface area contributed by atoms with Crippen LogP contribution in [0.4, 0.5) is 0 Å². The fourth-order valence-corrected chi connectivity index (χ4v) is 3.59. The number of carboxylic acid groups (broad SMARTS) is 2. The van der Waals surface area contributed by atoms with Crippen molar-refractivity contribution in [2.45, 2.75) is 31.5 Å². The second-order valence-electron chi connectivity index (χ2n) is 4.16. The molecule has 1 rings (SSSR count). The van der Waals surface area contributed by atoms with E-state index in [0.717, 1.165) is 0 Å². The molecular weight excluding hydrogens is 307 g/mol. The largest absolute Gasteiger partial charge is 0.481 e. The summed E-state index contributed by atoms with van der Waals surface area (Å²) in [5.41, 5.74) is -0.302. The highest BCUT2D eigenvalue weighted by molar-refractivity contribution is 7.53. The van der Waals surface area contributed by atoms with Crippen LogP contribution in [0.5, 0.6) is 0 Å². The molecule has 7 nitrogen and oxygen atoms in total. The molecule has 112 valence electrons. The lowest BCUT2D eigenvalue weighted by Gasteiger charge is -2.22. The van der Waals surface area contributed by atoms with Crippen molar-refractivity contribution in [1.29, 1.82) is 0 Å². The molecule has 3 atom stereocenters. The van der Waals surface area contributed by atoms with E-state index in [1.165, 1.54) is 18.3 Å². The fourth-order valence-electron chi connectivity index (χ4n) is 1.45. The van der Waals surface area contributed by atoms with E-state index in [1.807, 2.05) is 0 Å². The van der Waals surface area contributed by atoms with E-state index in [2.05, 4.69) is 0 Å². The van der Waals surface area contributed by atoms with Crippen molar-refractivity contribution in [2.75, 3.05) is 0 Å². The van der Waals surface area contributed by atoms with Gasteiger partial charge < -0.3 is 15.1 Å². The predicted molar refractivity (Wildman–Crippen MR) is 71.9 cm³/mol. The summed E-state index contributed by atoms with van der Waals surface area (Å²) in [4.78, 5) is 31.3. The van der Waals surface area contributed by atoms with E-state index in [9.17, 15) is 19.0 Å². The lowest BCUT2D eigenvalue weighted by molar-refractivity contribution is -0.146. The summed E-state index contributed by atoms with van der Waals surface area (Å²) >= 11 is 1.34. The van der Waals surface area contributed by atoms with Gasteiger partial charge in [0.2, 0.25) is 0 Å². The van der Waals surface area contributed by atoms with Crippen LogP contribution in [0.15, 0.2) is 16.8 Å². The maximum Gasteiger partial charge on any atom is 0.336 e. The summed E-state index contributed by atoms with van der Waals surface area (Å²) in [5.74, 6) is -2.66. The molecule has 0 aromatic carbocycles. The molecule has 0 radical (unpaired) electrons. The highest BCUT2D eigenvalue weighted by Gasteiger charge is 2.35. The van der Waals surface area contributed by atoms with Crippen molar-refractivity contribution in [3.8, 4) is 0 Å². The first-order valence-electron chi connectivity index (χ1n) is 5.71. The molecule has 0 saturated heterocycles. The molecule has 1 aromatic heterocycles. The monoisotopic (exact) mass is 322 g/mol. The van der Waals surface area contributed by atoms with Gasteiger partial charge in [-0.15, -0.1) is 0 Å². The molecule has 0 bridgehead atoms. The maximum absolute atomic E-state index is 12.1. The van der Waals surface area contributed by atoms with Crippen LogP contribution in [0.2, 0.25) is 0 Å². The van der Waals surface area contributed by atoms with E-state index in [0.29, 0.717) is 5.56 Å². The van der Waals surface area contributed by atoms with Gasteiger partial charge in [-0.3, -0.25) is 13.9 Å². The lowest BCUT2D eigenvalue weighted by Crippen LogP contribution is -2.24. The molecule has 3 unspecified atom stereocenters. The molecule has 3 N–H and O–H groups in total. The van der Waals surface area contributed by atoms with Gasteiger partial charge in [-0.05, 0) is 35.7 Å². The van der Waals surface area contributed by atoms with Crippen LogP contribution in [0.25, 0.3) is 0 Å². The van der Waals surface area contributed by atoms with Gasteiger partial charge in [0.1, 0.15) is 0 Å². The quantitative estimate of drug-likeness (QED) is 0.628. The van der Waals surface area contributed by atoms with Crippen molar-refractivity contribution in [1.82, 2.24) is 0 Å². The van der Waals surface area contributed by atoms with Gasteiger partial charge in [-0.25, -0.2) is 4.79 Å². The summed E-state index contributed by atoms with van der Waals surface area (Å²) in [6, 6.07) is 1.65. The highest BCUT2D eigenvalue weighted by Crippen LogP contribution is 2.57. The first-order chi connectivity index (χ1) is 9.24. The third-order valence-corrected chi connectivity index (χ3v) is 5.22. The molecule has 0 aliphatic heterocycles. The molecule has 9 heteroatoms. The third kappa shape index (κ3) is 4.72. The molecule has 0 amide bonds. The van der Waals surface area contributed by atoms with E-state index >= 15 is 0 Å². The Morgan fingerprint density at radius 2 is 2.10 bits per heavy atom. The number of hydrogen-bond acceptors (Lipinski definition) is 5. The Balaban J connectivity index is 2.77. The Hall–Kier alpha value is -1.21. The Morgan fingerprint density at radius 3 is 2.55 bits per heavy atom. The SMILES string of the molecule is CC(c1ccsc1)P(=O)(O)OC(CCC(=O)O)C(=O)O. The molecule has 0 saturated carbocycles. The summed E-state index contributed by atoms with van der Waals surface area (Å²) in [6.45, 7) is 1.46. The van der Waals surface area contributed by atoms with Gasteiger partial charge in [-0.1, -0.05) is 0 Å². The number of carboxylic acids is 2. The van der Waals surface area contributed by atoms with Crippen LogP contribution < -0.4 is 0 Å². The third-order valence-electron chi connectivity index (χ3n) is 2.69. The summed E-state index contributed by atoms with van der Waals surface area (Å²) < 4.78 is 16.9. The van der Waals surface area contributed by atoms with Crippen molar-refractivity contribution >= 4 is 30.9 Å². The Labute approximate surface area is 119 Å². The van der Waals surface area contributed by atoms with Gasteiger partial charge in [0.05, 0.1) is 5.66 Å². The van der Waals surface area contributed by atoms with Crippen LogP contribution >= 0.6 is 18.9 Å². The number of hydrogen-bond donors (Lipinski definition) is 3. The number of carbonyl (C=O) groups is 2. The number of aliphatic carboxylic acids is 2. The van der Waals surface area contributed by atoms with Crippen molar-refractivity contribution in [3.05, 3.63) is 22.4 Å². The van der Waals surface area contributed by atoms with E-state index < -0.39 is 37.7 Å². The highest BCUT2D eigenvalue weighted by atomic mass is 32.1. The molecule has 0 aliphatic rings. The smallest absolute Gasteiger partial charge is 0.336 e. The van der Waals surface area contributed by atoms with Crippen molar-refractivity contribution in [3.63, 3.8) is 0 Å². The predicted octanol–water partition coefficient (Wildman–Crippen LogP) is 2.33. The zero-order valence-corrected chi connectivity index (χ0v) is 12.3. The molecular formula is C11H15O7PS. The molecule has 0 aliphatic carbocycles. The van der Waals surface area contributed by atoms with Crippen LogP contribution in [0, 0.1) is 0 Å². The molecule has 0 fully saturated rings. The van der Waals surface area contributed by atoms with Crippen LogP contribution in [-0.2, 0) is 18.7 Å². The standard InChI is InChI=1S/C11H15O7PS/c1-7(8-4-5-20-6-8)19(16,17)18-9(11(14)15)2-3-10(12)13/h4-7,9H,2-3H2,1H3,(H,12,13)(H,14,15)(H,16,17). The fraction of sp³-hybridized carbons (Fsp3) is 0.455. The molecule has 1 aromatic rings. The van der Waals surface area contributed by atoms with Crippen LogP contribution in [0.1, 0.15) is 31.0 Å². The second-order valence-corrected chi connectivity index (χ2v) is 7.06. The summed E-state index contributed by atoms with van der Waals surface area (Å²) in [5, 5.41) is 20.8. The van der Waals surface area contributed by atoms with Crippen molar-refractivity contribution in [2.24, 2.45) is 0 Å². The molecule has 20 heavy (non-hydrogen) atoms. The minimum Gasteiger partial charge on any atom is -0.481 e. The molecule has 0 spiro atoms. The first-order valence-corrected chi connectivity index (χ1v) is 8.30. The van der Waals surface area contributed by atoms with E-state index in [4.69, 9.17) is 14.7 Å². The average molecular weight is 322 g/mol. The summed E-state index contributed by atoms with van der Waals surface area (Å²) in [7, 11) is -4.21. The zero-order chi connectivity index (χ0) is 15.3. The first kappa shape index (κ1) is 16.8. The van der Waals surface area contributed by atoms with E-state index in [1.54, 1.807) is 16.8 Å². The molecule has 1 heterocycles. The second kappa shape index (κ2) is 6.99. The van der Waals surface area contributed by atoms with Crippen LogP contribution in [0.3, 0.4) is 0 Å². The Bertz CT molecular complexity index is 513. The minimum atomic E-state index is -4.21. The zero-order valence-electron chi connectivity index (χ0n) is 10.6. The van der Waals surface area contributed by atoms with Gasteiger partial charge in [0, 0.05) is 6.42 Å². The van der Waals surface area contributed by atoms with Crippen LogP contribution in [-0.4, -0.2) is 33.1 Å². The maximum atomic E-state index is 12.1. The normalized spacial score (nSPS) is 17.1. The van der Waals surface area contributed by atoms with Gasteiger partial charge in [0.15, 0.2) is 6.10 Å². The topological polar surface area (TPSA) is 121 Å². The van der Waals surface area contributed by atoms with E-state index in [-0.39, 0.29) is 6.42 Å². The van der Waals surface area contributed by atoms with Gasteiger partial charge >= 0.3 is 19.5 Å². The Morgan fingerprint density at radius 1 is 1.45 bits per heavy atom. The Kier molecular flexibility index (Phi) is 5.88.